The molecule has 0 atom stereocenters. The van der Waals surface area contributed by atoms with Crippen molar-refractivity contribution >= 4 is 28.1 Å². The number of esters is 1. The molecule has 0 radical (unpaired) electrons. The average molecular weight is 609 g/mol. The van der Waals surface area contributed by atoms with Crippen molar-refractivity contribution in [3.8, 4) is 17.2 Å². The summed E-state index contributed by atoms with van der Waals surface area (Å²) in [6.45, 7) is 5.80. The van der Waals surface area contributed by atoms with Crippen LogP contribution in [0.25, 0.3) is 10.8 Å². The lowest BCUT2D eigenvalue weighted by atomic mass is 10.1. The Morgan fingerprint density at radius 2 is 1.11 bits per heavy atom. The molecule has 238 valence electrons. The summed E-state index contributed by atoms with van der Waals surface area (Å²) in [7, 11) is 0. The summed E-state index contributed by atoms with van der Waals surface area (Å²) in [5.41, 5.74) is 1.89. The SMILES string of the molecule is CCCCCCCCCCCCOc1ccc(C(=O)Oc2ccc(N=Nc3ccc(OCCCC)cc3)c3ccccc23)cc1. The molecule has 0 aliphatic carbocycles. The molecule has 0 unspecified atom stereocenters. The molecule has 0 heterocycles. The van der Waals surface area contributed by atoms with Crippen LogP contribution in [0.2, 0.25) is 0 Å². The van der Waals surface area contributed by atoms with Gasteiger partial charge in [-0.1, -0.05) is 102 Å². The highest BCUT2D eigenvalue weighted by atomic mass is 16.5. The molecule has 4 aromatic rings. The maximum Gasteiger partial charge on any atom is 0.343 e. The lowest BCUT2D eigenvalue weighted by Crippen LogP contribution is -2.08. The molecule has 45 heavy (non-hydrogen) atoms. The van der Waals surface area contributed by atoms with Gasteiger partial charge in [-0.3, -0.25) is 0 Å². The fourth-order valence-corrected chi connectivity index (χ4v) is 5.11. The van der Waals surface area contributed by atoms with Crippen molar-refractivity contribution in [1.29, 1.82) is 0 Å². The van der Waals surface area contributed by atoms with Crippen LogP contribution in [0, 0.1) is 0 Å². The van der Waals surface area contributed by atoms with Crippen LogP contribution in [-0.2, 0) is 0 Å². The van der Waals surface area contributed by atoms with Gasteiger partial charge in [0.05, 0.1) is 30.2 Å². The highest BCUT2D eigenvalue weighted by molar-refractivity contribution is 5.99. The summed E-state index contributed by atoms with van der Waals surface area (Å²) in [6.07, 6.45) is 15.1. The Morgan fingerprint density at radius 1 is 0.556 bits per heavy atom. The molecule has 0 spiro atoms. The zero-order chi connectivity index (χ0) is 31.5. The van der Waals surface area contributed by atoms with E-state index < -0.39 is 5.97 Å². The molecule has 0 N–H and O–H groups in total. The van der Waals surface area contributed by atoms with Crippen molar-refractivity contribution in [3.05, 3.63) is 90.5 Å². The second-order valence-electron chi connectivity index (χ2n) is 11.5. The van der Waals surface area contributed by atoms with E-state index in [0.717, 1.165) is 47.2 Å². The third kappa shape index (κ3) is 11.4. The maximum absolute atomic E-state index is 13.0. The number of ether oxygens (including phenoxy) is 3. The molecule has 4 rings (SSSR count). The summed E-state index contributed by atoms with van der Waals surface area (Å²) in [5, 5.41) is 10.5. The number of benzene rings is 4. The van der Waals surface area contributed by atoms with Gasteiger partial charge in [0.15, 0.2) is 0 Å². The lowest BCUT2D eigenvalue weighted by Gasteiger charge is -2.10. The van der Waals surface area contributed by atoms with Crippen molar-refractivity contribution < 1.29 is 19.0 Å². The van der Waals surface area contributed by atoms with Gasteiger partial charge in [0.25, 0.3) is 0 Å². The number of carbonyl (C=O) groups is 1. The molecular weight excluding hydrogens is 560 g/mol. The van der Waals surface area contributed by atoms with Gasteiger partial charge in [-0.05, 0) is 73.5 Å². The Labute approximate surface area is 268 Å². The van der Waals surface area contributed by atoms with Crippen LogP contribution in [0.3, 0.4) is 0 Å². The molecule has 0 aromatic heterocycles. The zero-order valence-corrected chi connectivity index (χ0v) is 27.0. The second kappa shape index (κ2) is 19.3. The molecule has 0 amide bonds. The Balaban J connectivity index is 1.26. The molecule has 6 heteroatoms. The summed E-state index contributed by atoms with van der Waals surface area (Å²) in [4.78, 5) is 13.0. The monoisotopic (exact) mass is 608 g/mol. The predicted octanol–water partition coefficient (Wildman–Crippen LogP) is 12.0. The first-order chi connectivity index (χ1) is 22.2. The molecule has 6 nitrogen and oxygen atoms in total. The van der Waals surface area contributed by atoms with Crippen LogP contribution in [0.15, 0.2) is 95.2 Å². The van der Waals surface area contributed by atoms with E-state index in [1.807, 2.05) is 66.7 Å². The molecule has 4 aromatic carbocycles. The molecule has 0 saturated carbocycles. The fraction of sp³-hybridized carbons (Fsp3) is 0.410. The van der Waals surface area contributed by atoms with Gasteiger partial charge in [0.2, 0.25) is 0 Å². The van der Waals surface area contributed by atoms with Gasteiger partial charge in [0.1, 0.15) is 17.2 Å². The van der Waals surface area contributed by atoms with Gasteiger partial charge in [-0.2, -0.15) is 5.11 Å². The van der Waals surface area contributed by atoms with Crippen LogP contribution in [0.1, 0.15) is 101 Å². The van der Waals surface area contributed by atoms with Crippen molar-refractivity contribution in [2.45, 2.75) is 90.9 Å². The Kier molecular flexibility index (Phi) is 14.4. The fourth-order valence-electron chi connectivity index (χ4n) is 5.11. The Morgan fingerprint density at radius 3 is 1.76 bits per heavy atom. The van der Waals surface area contributed by atoms with E-state index in [2.05, 4.69) is 24.1 Å². The van der Waals surface area contributed by atoms with Crippen molar-refractivity contribution in [2.24, 2.45) is 10.2 Å². The Bertz CT molecular complexity index is 1470. The molecule has 0 aliphatic heterocycles. The summed E-state index contributed by atoms with van der Waals surface area (Å²) < 4.78 is 17.5. The normalized spacial score (nSPS) is 11.2. The van der Waals surface area contributed by atoms with E-state index in [-0.39, 0.29) is 0 Å². The van der Waals surface area contributed by atoms with Gasteiger partial charge >= 0.3 is 5.97 Å². The van der Waals surface area contributed by atoms with Crippen molar-refractivity contribution in [2.75, 3.05) is 13.2 Å². The maximum atomic E-state index is 13.0. The standard InChI is InChI=1S/C39H48N2O4/c1-3-5-7-8-9-10-11-12-13-16-30-44-33-23-19-31(20-24-33)39(42)45-38-28-27-37(35-17-14-15-18-36(35)38)41-40-32-21-25-34(26-22-32)43-29-6-4-2/h14-15,17-28H,3-13,16,29-30H2,1-2H3. The van der Waals surface area contributed by atoms with Gasteiger partial charge in [-0.25, -0.2) is 4.79 Å². The van der Waals surface area contributed by atoms with E-state index >= 15 is 0 Å². The highest BCUT2D eigenvalue weighted by Crippen LogP contribution is 2.35. The second-order valence-corrected chi connectivity index (χ2v) is 11.5. The van der Waals surface area contributed by atoms with E-state index in [0.29, 0.717) is 30.2 Å². The van der Waals surface area contributed by atoms with Crippen LogP contribution >= 0.6 is 0 Å². The van der Waals surface area contributed by atoms with Gasteiger partial charge in [-0.15, -0.1) is 5.11 Å². The van der Waals surface area contributed by atoms with Crippen molar-refractivity contribution in [1.82, 2.24) is 0 Å². The minimum Gasteiger partial charge on any atom is -0.494 e. The third-order valence-electron chi connectivity index (χ3n) is 7.80. The van der Waals surface area contributed by atoms with Crippen LogP contribution < -0.4 is 14.2 Å². The molecule has 0 aliphatic rings. The summed E-state index contributed by atoms with van der Waals surface area (Å²) in [6, 6.07) is 26.1. The highest BCUT2D eigenvalue weighted by Gasteiger charge is 2.13. The summed E-state index contributed by atoms with van der Waals surface area (Å²) in [5.74, 6) is 1.65. The topological polar surface area (TPSA) is 69.5 Å². The largest absolute Gasteiger partial charge is 0.494 e. The number of azo groups is 1. The number of hydrogen-bond acceptors (Lipinski definition) is 6. The quantitative estimate of drug-likeness (QED) is 0.0433. The van der Waals surface area contributed by atoms with Gasteiger partial charge in [0, 0.05) is 10.8 Å². The first-order valence-corrected chi connectivity index (χ1v) is 16.8. The van der Waals surface area contributed by atoms with E-state index in [4.69, 9.17) is 14.2 Å². The minimum atomic E-state index is -0.419. The van der Waals surface area contributed by atoms with E-state index in [9.17, 15) is 4.79 Å². The third-order valence-corrected chi connectivity index (χ3v) is 7.80. The Hall–Kier alpha value is -4.19. The molecular formula is C39H48N2O4. The summed E-state index contributed by atoms with van der Waals surface area (Å²) >= 11 is 0. The van der Waals surface area contributed by atoms with Crippen LogP contribution in [-0.4, -0.2) is 19.2 Å². The molecule has 0 bridgehead atoms. The van der Waals surface area contributed by atoms with Crippen LogP contribution in [0.4, 0.5) is 11.4 Å². The van der Waals surface area contributed by atoms with E-state index in [1.165, 1.54) is 57.8 Å². The zero-order valence-electron chi connectivity index (χ0n) is 27.0. The minimum absolute atomic E-state index is 0.419. The number of fused-ring (bicyclic) bond motifs is 1. The van der Waals surface area contributed by atoms with E-state index in [1.54, 1.807) is 18.2 Å². The number of rotatable bonds is 20. The first kappa shape index (κ1) is 33.7. The molecule has 0 saturated heterocycles. The van der Waals surface area contributed by atoms with Gasteiger partial charge < -0.3 is 14.2 Å². The average Bonchev–Trinajstić information content (AvgIpc) is 3.08. The lowest BCUT2D eigenvalue weighted by molar-refractivity contribution is 0.0737. The van der Waals surface area contributed by atoms with Crippen LogP contribution in [0.5, 0.6) is 17.2 Å². The molecule has 0 fully saturated rings. The number of nitrogens with zero attached hydrogens (tertiary/aromatic N) is 2. The smallest absolute Gasteiger partial charge is 0.343 e. The number of unbranched alkanes of at least 4 members (excludes halogenated alkanes) is 10. The number of hydrogen-bond donors (Lipinski definition) is 0. The van der Waals surface area contributed by atoms with Crippen molar-refractivity contribution in [3.63, 3.8) is 0 Å². The first-order valence-electron chi connectivity index (χ1n) is 16.8. The predicted molar refractivity (Wildman–Crippen MR) is 184 cm³/mol. The number of carbonyl (C=O) groups excluding carboxylic acids is 1.